The van der Waals surface area contributed by atoms with Crippen LogP contribution in [-0.2, 0) is 0 Å². The van der Waals surface area contributed by atoms with Crippen molar-refractivity contribution in [1.82, 2.24) is 5.32 Å². The molecule has 4 nitrogen and oxygen atoms in total. The van der Waals surface area contributed by atoms with Crippen molar-refractivity contribution in [3.05, 3.63) is 23.2 Å². The number of aliphatic hydroxyl groups is 1. The molecule has 16 heavy (non-hydrogen) atoms. The quantitative estimate of drug-likeness (QED) is 0.817. The second-order valence-electron chi connectivity index (χ2n) is 4.59. The third-order valence-electron chi connectivity index (χ3n) is 3.15. The SMILES string of the molecule is Cc1cc(C(=O)NCC2(O)CCC2)c(C)o1. The Morgan fingerprint density at radius 3 is 2.69 bits per heavy atom. The molecular weight excluding hydrogens is 206 g/mol. The number of hydrogen-bond acceptors (Lipinski definition) is 3. The van der Waals surface area contributed by atoms with E-state index in [9.17, 15) is 9.90 Å². The first-order valence-electron chi connectivity index (χ1n) is 5.58. The number of furan rings is 1. The fourth-order valence-electron chi connectivity index (χ4n) is 1.96. The van der Waals surface area contributed by atoms with Gasteiger partial charge < -0.3 is 14.8 Å². The van der Waals surface area contributed by atoms with Gasteiger partial charge in [-0.2, -0.15) is 0 Å². The Hall–Kier alpha value is -1.29. The van der Waals surface area contributed by atoms with E-state index in [2.05, 4.69) is 5.32 Å². The lowest BCUT2D eigenvalue weighted by Gasteiger charge is -2.36. The number of carbonyl (C=O) groups excluding carboxylic acids is 1. The van der Waals surface area contributed by atoms with Crippen LogP contribution in [0, 0.1) is 13.8 Å². The molecule has 1 amide bonds. The molecule has 0 unspecified atom stereocenters. The average Bonchev–Trinajstić information content (AvgIpc) is 2.51. The Bertz CT molecular complexity index is 404. The molecule has 0 spiro atoms. The number of carbonyl (C=O) groups is 1. The summed E-state index contributed by atoms with van der Waals surface area (Å²) >= 11 is 0. The first kappa shape index (κ1) is 11.2. The van der Waals surface area contributed by atoms with Gasteiger partial charge in [0.05, 0.1) is 11.2 Å². The number of rotatable bonds is 3. The lowest BCUT2D eigenvalue weighted by molar-refractivity contribution is -0.0300. The van der Waals surface area contributed by atoms with E-state index in [1.54, 1.807) is 13.0 Å². The standard InChI is InChI=1S/C12H17NO3/c1-8-6-10(9(2)16-8)11(14)13-7-12(15)4-3-5-12/h6,15H,3-5,7H2,1-2H3,(H,13,14). The lowest BCUT2D eigenvalue weighted by atomic mass is 9.80. The summed E-state index contributed by atoms with van der Waals surface area (Å²) in [4.78, 5) is 11.8. The molecule has 0 atom stereocenters. The van der Waals surface area contributed by atoms with Gasteiger partial charge in [0, 0.05) is 6.54 Å². The molecule has 4 heteroatoms. The molecule has 2 N–H and O–H groups in total. The molecule has 88 valence electrons. The zero-order chi connectivity index (χ0) is 11.8. The van der Waals surface area contributed by atoms with E-state index in [0.717, 1.165) is 25.0 Å². The van der Waals surface area contributed by atoms with Crippen molar-refractivity contribution in [3.63, 3.8) is 0 Å². The summed E-state index contributed by atoms with van der Waals surface area (Å²) in [6.45, 7) is 3.90. The minimum absolute atomic E-state index is 0.172. The molecular formula is C12H17NO3. The number of hydrogen-bond donors (Lipinski definition) is 2. The van der Waals surface area contributed by atoms with Gasteiger partial charge in [0.15, 0.2) is 0 Å². The van der Waals surface area contributed by atoms with Crippen molar-refractivity contribution in [3.8, 4) is 0 Å². The van der Waals surface area contributed by atoms with Crippen LogP contribution in [0.3, 0.4) is 0 Å². The molecule has 0 radical (unpaired) electrons. The molecule has 1 aliphatic carbocycles. The van der Waals surface area contributed by atoms with E-state index in [0.29, 0.717) is 17.9 Å². The molecule has 1 heterocycles. The maximum atomic E-state index is 11.8. The van der Waals surface area contributed by atoms with Gasteiger partial charge in [0.25, 0.3) is 5.91 Å². The molecule has 1 aromatic heterocycles. The molecule has 1 saturated carbocycles. The van der Waals surface area contributed by atoms with Crippen LogP contribution >= 0.6 is 0 Å². The van der Waals surface area contributed by atoms with Crippen molar-refractivity contribution < 1.29 is 14.3 Å². The summed E-state index contributed by atoms with van der Waals surface area (Å²) in [6.07, 6.45) is 2.59. The van der Waals surface area contributed by atoms with Gasteiger partial charge in [-0.3, -0.25) is 4.79 Å². The molecule has 1 aliphatic rings. The molecule has 1 aromatic rings. The van der Waals surface area contributed by atoms with Crippen molar-refractivity contribution >= 4 is 5.91 Å². The maximum Gasteiger partial charge on any atom is 0.254 e. The second kappa shape index (κ2) is 3.94. The fraction of sp³-hybridized carbons (Fsp3) is 0.583. The van der Waals surface area contributed by atoms with E-state index in [1.165, 1.54) is 0 Å². The highest BCUT2D eigenvalue weighted by Crippen LogP contribution is 2.30. The zero-order valence-electron chi connectivity index (χ0n) is 9.67. The number of aryl methyl sites for hydroxylation is 2. The third kappa shape index (κ3) is 2.11. The maximum absolute atomic E-state index is 11.8. The monoisotopic (exact) mass is 223 g/mol. The third-order valence-corrected chi connectivity index (χ3v) is 3.15. The van der Waals surface area contributed by atoms with Crippen LogP contribution in [0.15, 0.2) is 10.5 Å². The summed E-state index contributed by atoms with van der Waals surface area (Å²) in [6, 6.07) is 1.72. The Morgan fingerprint density at radius 2 is 2.25 bits per heavy atom. The summed E-state index contributed by atoms with van der Waals surface area (Å²) in [5.41, 5.74) is -0.122. The highest BCUT2D eigenvalue weighted by atomic mass is 16.3. The minimum Gasteiger partial charge on any atom is -0.466 e. The Balaban J connectivity index is 1.95. The van der Waals surface area contributed by atoms with E-state index >= 15 is 0 Å². The second-order valence-corrected chi connectivity index (χ2v) is 4.59. The number of nitrogens with one attached hydrogen (secondary N) is 1. The van der Waals surface area contributed by atoms with Crippen LogP contribution in [0.4, 0.5) is 0 Å². The summed E-state index contributed by atoms with van der Waals surface area (Å²) in [5, 5.41) is 12.6. The van der Waals surface area contributed by atoms with Crippen LogP contribution in [-0.4, -0.2) is 23.2 Å². The van der Waals surface area contributed by atoms with Crippen LogP contribution in [0.25, 0.3) is 0 Å². The Kier molecular flexibility index (Phi) is 2.76. The van der Waals surface area contributed by atoms with Crippen LogP contribution < -0.4 is 5.32 Å². The highest BCUT2D eigenvalue weighted by molar-refractivity contribution is 5.95. The van der Waals surface area contributed by atoms with Crippen molar-refractivity contribution in [2.45, 2.75) is 38.7 Å². The predicted octanol–water partition coefficient (Wildman–Crippen LogP) is 1.54. The summed E-state index contributed by atoms with van der Waals surface area (Å²) in [7, 11) is 0. The molecule has 2 rings (SSSR count). The van der Waals surface area contributed by atoms with Crippen LogP contribution in [0.1, 0.15) is 41.1 Å². The van der Waals surface area contributed by atoms with E-state index < -0.39 is 5.60 Å². The normalized spacial score (nSPS) is 17.9. The lowest BCUT2D eigenvalue weighted by Crippen LogP contribution is -2.47. The van der Waals surface area contributed by atoms with Gasteiger partial charge in [-0.15, -0.1) is 0 Å². The first-order valence-corrected chi connectivity index (χ1v) is 5.58. The van der Waals surface area contributed by atoms with Crippen LogP contribution in [0.5, 0.6) is 0 Å². The van der Waals surface area contributed by atoms with Gasteiger partial charge >= 0.3 is 0 Å². The van der Waals surface area contributed by atoms with Crippen molar-refractivity contribution in [2.75, 3.05) is 6.54 Å². The Morgan fingerprint density at radius 1 is 1.56 bits per heavy atom. The van der Waals surface area contributed by atoms with Gasteiger partial charge in [-0.25, -0.2) is 0 Å². The fourth-order valence-corrected chi connectivity index (χ4v) is 1.96. The van der Waals surface area contributed by atoms with Crippen molar-refractivity contribution in [1.29, 1.82) is 0 Å². The average molecular weight is 223 g/mol. The van der Waals surface area contributed by atoms with Gasteiger partial charge in [0.1, 0.15) is 11.5 Å². The van der Waals surface area contributed by atoms with Gasteiger partial charge in [-0.1, -0.05) is 0 Å². The molecule has 0 aromatic carbocycles. The zero-order valence-corrected chi connectivity index (χ0v) is 9.67. The molecule has 0 bridgehead atoms. The van der Waals surface area contributed by atoms with Gasteiger partial charge in [0.2, 0.25) is 0 Å². The molecule has 1 fully saturated rings. The topological polar surface area (TPSA) is 62.5 Å². The Labute approximate surface area is 94.6 Å². The van der Waals surface area contributed by atoms with E-state index in [4.69, 9.17) is 4.42 Å². The molecule has 0 saturated heterocycles. The van der Waals surface area contributed by atoms with Crippen LogP contribution in [0.2, 0.25) is 0 Å². The predicted molar refractivity (Wildman–Crippen MR) is 59.3 cm³/mol. The minimum atomic E-state index is -0.678. The largest absolute Gasteiger partial charge is 0.466 e. The first-order chi connectivity index (χ1) is 7.50. The van der Waals surface area contributed by atoms with Gasteiger partial charge in [-0.05, 0) is 39.2 Å². The van der Waals surface area contributed by atoms with E-state index in [1.807, 2.05) is 6.92 Å². The smallest absolute Gasteiger partial charge is 0.254 e. The van der Waals surface area contributed by atoms with E-state index in [-0.39, 0.29) is 5.91 Å². The highest BCUT2D eigenvalue weighted by Gasteiger charge is 2.34. The summed E-state index contributed by atoms with van der Waals surface area (Å²) < 4.78 is 5.28. The summed E-state index contributed by atoms with van der Waals surface area (Å²) in [5.74, 6) is 1.18. The number of amides is 1. The molecule has 0 aliphatic heterocycles. The van der Waals surface area contributed by atoms with Crippen molar-refractivity contribution in [2.24, 2.45) is 0 Å².